The molecule has 194 valence electrons. The highest BCUT2D eigenvalue weighted by Crippen LogP contribution is 2.24. The lowest BCUT2D eigenvalue weighted by atomic mass is 10.1. The number of benzene rings is 2. The van der Waals surface area contributed by atoms with Crippen molar-refractivity contribution >= 4 is 11.8 Å². The molecule has 2 aromatic carbocycles. The molecule has 9 nitrogen and oxygen atoms in total. The number of pyridine rings is 1. The zero-order chi connectivity index (χ0) is 26.0. The molecule has 3 heterocycles. The van der Waals surface area contributed by atoms with Gasteiger partial charge in [-0.2, -0.15) is 5.10 Å². The van der Waals surface area contributed by atoms with Crippen molar-refractivity contribution in [2.45, 2.75) is 19.3 Å². The zero-order valence-corrected chi connectivity index (χ0v) is 20.9. The van der Waals surface area contributed by atoms with Crippen molar-refractivity contribution in [3.8, 4) is 16.9 Å². The second-order valence-electron chi connectivity index (χ2n) is 8.83. The van der Waals surface area contributed by atoms with E-state index in [2.05, 4.69) is 20.5 Å². The van der Waals surface area contributed by atoms with Crippen molar-refractivity contribution in [1.29, 1.82) is 0 Å². The topological polar surface area (TPSA) is 98.7 Å². The third-order valence-corrected chi connectivity index (χ3v) is 6.01. The van der Waals surface area contributed by atoms with E-state index in [9.17, 15) is 4.79 Å². The van der Waals surface area contributed by atoms with Crippen LogP contribution < -0.4 is 10.1 Å². The van der Waals surface area contributed by atoms with Crippen LogP contribution in [-0.2, 0) is 22.7 Å². The molecule has 0 radical (unpaired) electrons. The van der Waals surface area contributed by atoms with Crippen molar-refractivity contribution < 1.29 is 19.0 Å². The lowest BCUT2D eigenvalue weighted by Gasteiger charge is -2.38. The Hall–Kier alpha value is -4.34. The average Bonchev–Trinajstić information content (AvgIpc) is 2.94. The molecule has 2 aromatic heterocycles. The number of hydrogen-bond donors (Lipinski definition) is 1. The van der Waals surface area contributed by atoms with Crippen molar-refractivity contribution in [2.75, 3.05) is 31.6 Å². The minimum atomic E-state index is -0.209. The summed E-state index contributed by atoms with van der Waals surface area (Å²) in [5, 5.41) is 10.3. The average molecular weight is 512 g/mol. The number of likely N-dealkylation sites (tertiary alicyclic amines) is 1. The molecule has 1 aliphatic heterocycles. The molecule has 9 heteroatoms. The van der Waals surface area contributed by atoms with E-state index in [1.165, 1.54) is 0 Å². The van der Waals surface area contributed by atoms with Crippen LogP contribution in [0.4, 0.5) is 10.6 Å². The van der Waals surface area contributed by atoms with Gasteiger partial charge in [-0.3, -0.25) is 10.3 Å². The molecule has 0 atom stereocenters. The standard InChI is InChI=1S/C29H29N5O4/c35-29(32-28-10-5-13-31-33-28)34-18-27(19-34)38-21-25-12-11-24(17-30-25)23-8-4-9-26(16-23)37-15-14-36-20-22-6-2-1-3-7-22/h1-13,16-17,27H,14-15,18-21H2,(H,32,33,35). The lowest BCUT2D eigenvalue weighted by molar-refractivity contribution is -0.0431. The summed E-state index contributed by atoms with van der Waals surface area (Å²) < 4.78 is 17.5. The van der Waals surface area contributed by atoms with Crippen LogP contribution in [0.3, 0.4) is 0 Å². The Balaban J connectivity index is 1.02. The number of nitrogens with zero attached hydrogens (tertiary/aromatic N) is 4. The number of rotatable bonds is 11. The first-order valence-electron chi connectivity index (χ1n) is 12.5. The second kappa shape index (κ2) is 12.8. The molecule has 0 unspecified atom stereocenters. The second-order valence-corrected chi connectivity index (χ2v) is 8.83. The molecule has 1 aliphatic rings. The van der Waals surface area contributed by atoms with Gasteiger partial charge in [0.05, 0.1) is 44.7 Å². The quantitative estimate of drug-likeness (QED) is 0.295. The molecule has 2 amide bonds. The molecule has 1 N–H and O–H groups in total. The number of aromatic nitrogens is 3. The summed E-state index contributed by atoms with van der Waals surface area (Å²) in [5.74, 6) is 1.22. The summed E-state index contributed by atoms with van der Waals surface area (Å²) in [6.45, 7) is 3.00. The number of hydrogen-bond acceptors (Lipinski definition) is 7. The molecular formula is C29H29N5O4. The Kier molecular flexibility index (Phi) is 8.50. The Morgan fingerprint density at radius 1 is 0.921 bits per heavy atom. The Labute approximate surface area is 221 Å². The maximum atomic E-state index is 12.2. The van der Waals surface area contributed by atoms with Gasteiger partial charge in [0.15, 0.2) is 5.82 Å². The van der Waals surface area contributed by atoms with E-state index in [4.69, 9.17) is 14.2 Å². The molecule has 0 spiro atoms. The van der Waals surface area contributed by atoms with Crippen LogP contribution in [0.5, 0.6) is 5.75 Å². The Bertz CT molecular complexity index is 1300. The summed E-state index contributed by atoms with van der Waals surface area (Å²) in [7, 11) is 0. The number of amides is 2. The van der Waals surface area contributed by atoms with E-state index in [1.54, 1.807) is 23.2 Å². The van der Waals surface area contributed by atoms with Crippen molar-refractivity contribution in [1.82, 2.24) is 20.1 Å². The molecule has 1 fully saturated rings. The van der Waals surface area contributed by atoms with E-state index >= 15 is 0 Å². The van der Waals surface area contributed by atoms with Gasteiger partial charge >= 0.3 is 6.03 Å². The number of anilines is 1. The van der Waals surface area contributed by atoms with E-state index < -0.39 is 0 Å². The number of carbonyl (C=O) groups excluding carboxylic acids is 1. The minimum absolute atomic E-state index is 0.0189. The lowest BCUT2D eigenvalue weighted by Crippen LogP contribution is -2.56. The molecule has 0 saturated carbocycles. The molecule has 5 rings (SSSR count). The highest BCUT2D eigenvalue weighted by Gasteiger charge is 2.31. The Morgan fingerprint density at radius 2 is 1.82 bits per heavy atom. The number of urea groups is 1. The van der Waals surface area contributed by atoms with E-state index in [1.807, 2.05) is 72.9 Å². The largest absolute Gasteiger partial charge is 0.491 e. The molecule has 0 bridgehead atoms. The smallest absolute Gasteiger partial charge is 0.323 e. The third kappa shape index (κ3) is 7.12. The fourth-order valence-electron chi connectivity index (χ4n) is 3.90. The maximum absolute atomic E-state index is 12.2. The molecule has 0 aliphatic carbocycles. The summed E-state index contributed by atoms with van der Waals surface area (Å²) in [6.07, 6.45) is 3.37. The first-order chi connectivity index (χ1) is 18.7. The fraction of sp³-hybridized carbons (Fsp3) is 0.241. The van der Waals surface area contributed by atoms with Gasteiger partial charge in [-0.15, -0.1) is 5.10 Å². The van der Waals surface area contributed by atoms with E-state index in [0.29, 0.717) is 45.3 Å². The van der Waals surface area contributed by atoms with Gasteiger partial charge in [-0.25, -0.2) is 4.79 Å². The van der Waals surface area contributed by atoms with Crippen LogP contribution in [-0.4, -0.2) is 58.5 Å². The molecule has 1 saturated heterocycles. The van der Waals surface area contributed by atoms with E-state index in [-0.39, 0.29) is 12.1 Å². The number of nitrogens with one attached hydrogen (secondary N) is 1. The number of carbonyl (C=O) groups is 1. The first kappa shape index (κ1) is 25.3. The van der Waals surface area contributed by atoms with Gasteiger partial charge in [-0.1, -0.05) is 48.5 Å². The molecule has 38 heavy (non-hydrogen) atoms. The van der Waals surface area contributed by atoms with Crippen LogP contribution in [0.2, 0.25) is 0 Å². The van der Waals surface area contributed by atoms with Crippen molar-refractivity contribution in [3.05, 3.63) is 103 Å². The van der Waals surface area contributed by atoms with Gasteiger partial charge in [0.1, 0.15) is 12.4 Å². The van der Waals surface area contributed by atoms with E-state index in [0.717, 1.165) is 28.1 Å². The maximum Gasteiger partial charge on any atom is 0.323 e. The predicted molar refractivity (Wildman–Crippen MR) is 142 cm³/mol. The van der Waals surface area contributed by atoms with Crippen LogP contribution in [0, 0.1) is 0 Å². The molecular weight excluding hydrogens is 482 g/mol. The van der Waals surface area contributed by atoms with Crippen molar-refractivity contribution in [2.24, 2.45) is 0 Å². The van der Waals surface area contributed by atoms with Crippen molar-refractivity contribution in [3.63, 3.8) is 0 Å². The van der Waals surface area contributed by atoms with Gasteiger partial charge in [0.2, 0.25) is 0 Å². The van der Waals surface area contributed by atoms with Gasteiger partial charge in [0, 0.05) is 18.0 Å². The SMILES string of the molecule is O=C(Nc1cccnn1)N1CC(OCc2ccc(-c3cccc(OCCOCc4ccccc4)c3)cn2)C1. The summed E-state index contributed by atoms with van der Waals surface area (Å²) in [5.41, 5.74) is 4.00. The monoisotopic (exact) mass is 511 g/mol. The minimum Gasteiger partial charge on any atom is -0.491 e. The highest BCUT2D eigenvalue weighted by atomic mass is 16.5. The predicted octanol–water partition coefficient (Wildman–Crippen LogP) is 4.57. The van der Waals surface area contributed by atoms with Crippen LogP contribution in [0.1, 0.15) is 11.3 Å². The normalized spacial score (nSPS) is 13.1. The highest BCUT2D eigenvalue weighted by molar-refractivity contribution is 5.88. The van der Waals surface area contributed by atoms with Crippen LogP contribution in [0.15, 0.2) is 91.3 Å². The third-order valence-electron chi connectivity index (χ3n) is 6.01. The summed E-state index contributed by atoms with van der Waals surface area (Å²) in [4.78, 5) is 18.4. The molecule has 4 aromatic rings. The van der Waals surface area contributed by atoms with Gasteiger partial charge in [0.25, 0.3) is 0 Å². The first-order valence-corrected chi connectivity index (χ1v) is 12.5. The van der Waals surface area contributed by atoms with Gasteiger partial charge < -0.3 is 19.1 Å². The fourth-order valence-corrected chi connectivity index (χ4v) is 3.90. The summed E-state index contributed by atoms with van der Waals surface area (Å²) in [6, 6.07) is 25.2. The summed E-state index contributed by atoms with van der Waals surface area (Å²) >= 11 is 0. The zero-order valence-electron chi connectivity index (χ0n) is 20.9. The number of ether oxygens (including phenoxy) is 3. The van der Waals surface area contributed by atoms with Crippen LogP contribution in [0.25, 0.3) is 11.1 Å². The van der Waals surface area contributed by atoms with Crippen LogP contribution >= 0.6 is 0 Å². The van der Waals surface area contributed by atoms with Gasteiger partial charge in [-0.05, 0) is 41.5 Å². The Morgan fingerprint density at radius 3 is 2.61 bits per heavy atom.